The van der Waals surface area contributed by atoms with Crippen LogP contribution in [0.3, 0.4) is 0 Å². The zero-order chi connectivity index (χ0) is 15.1. The maximum Gasteiger partial charge on any atom is 0.238 e. The average Bonchev–Trinajstić information content (AvgIpc) is 2.67. The molecule has 1 atom stereocenters. The van der Waals surface area contributed by atoms with Crippen molar-refractivity contribution in [3.05, 3.63) is 28.7 Å². The quantitative estimate of drug-likeness (QED) is 0.849. The molecule has 1 aromatic carbocycles. The Kier molecular flexibility index (Phi) is 7.07. The van der Waals surface area contributed by atoms with Crippen LogP contribution in [0.5, 0.6) is 0 Å². The number of carbonyl (C=O) groups is 1. The molecule has 0 bridgehead atoms. The molecule has 1 fully saturated rings. The van der Waals surface area contributed by atoms with Crippen molar-refractivity contribution in [2.45, 2.75) is 31.4 Å². The van der Waals surface area contributed by atoms with Gasteiger partial charge in [0.2, 0.25) is 5.91 Å². The van der Waals surface area contributed by atoms with Gasteiger partial charge in [0, 0.05) is 22.0 Å². The minimum absolute atomic E-state index is 0.0828. The minimum atomic E-state index is 0.0828. The largest absolute Gasteiger partial charge is 0.325 e. The molecule has 0 aliphatic carbocycles. The van der Waals surface area contributed by atoms with Gasteiger partial charge in [0.25, 0.3) is 0 Å². The maximum absolute atomic E-state index is 12.2. The highest BCUT2D eigenvalue weighted by molar-refractivity contribution is 9.10. The average molecular weight is 371 g/mol. The number of halogens is 1. The van der Waals surface area contributed by atoms with Crippen LogP contribution in [-0.2, 0) is 4.79 Å². The molecule has 1 saturated heterocycles. The number of hydrogen-bond acceptors (Lipinski definition) is 3. The summed E-state index contributed by atoms with van der Waals surface area (Å²) < 4.78 is 1.02. The van der Waals surface area contributed by atoms with Gasteiger partial charge < -0.3 is 5.32 Å². The highest BCUT2D eigenvalue weighted by atomic mass is 79.9. The molecule has 1 aliphatic rings. The summed E-state index contributed by atoms with van der Waals surface area (Å²) in [7, 11) is 0. The smallest absolute Gasteiger partial charge is 0.238 e. The summed E-state index contributed by atoms with van der Waals surface area (Å²) in [5.41, 5.74) is 0.859. The zero-order valence-corrected chi connectivity index (χ0v) is 14.9. The molecule has 1 amide bonds. The number of likely N-dealkylation sites (tertiary alicyclic amines) is 1. The van der Waals surface area contributed by atoms with Crippen molar-refractivity contribution >= 4 is 39.3 Å². The molecule has 0 spiro atoms. The van der Waals surface area contributed by atoms with Gasteiger partial charge in [0.1, 0.15) is 0 Å². The van der Waals surface area contributed by atoms with E-state index in [0.717, 1.165) is 29.0 Å². The summed E-state index contributed by atoms with van der Waals surface area (Å²) in [5.74, 6) is 1.24. The van der Waals surface area contributed by atoms with E-state index in [1.165, 1.54) is 19.3 Å². The van der Waals surface area contributed by atoms with E-state index in [4.69, 9.17) is 0 Å². The van der Waals surface area contributed by atoms with Crippen LogP contribution in [0.15, 0.2) is 28.7 Å². The van der Waals surface area contributed by atoms with E-state index in [1.54, 1.807) is 0 Å². The first-order chi connectivity index (χ1) is 10.2. The van der Waals surface area contributed by atoms with Crippen LogP contribution in [0.1, 0.15) is 26.2 Å². The van der Waals surface area contributed by atoms with Gasteiger partial charge in [-0.3, -0.25) is 9.69 Å². The van der Waals surface area contributed by atoms with Gasteiger partial charge in [0.15, 0.2) is 0 Å². The number of nitrogens with one attached hydrogen (secondary N) is 1. The summed E-state index contributed by atoms with van der Waals surface area (Å²) in [6.45, 7) is 4.78. The van der Waals surface area contributed by atoms with Crippen molar-refractivity contribution in [1.29, 1.82) is 0 Å². The normalized spacial score (nSPS) is 20.0. The lowest BCUT2D eigenvalue weighted by Gasteiger charge is -2.23. The first-order valence-electron chi connectivity index (χ1n) is 7.56. The molecule has 5 heteroatoms. The number of nitrogens with zero attached hydrogens (tertiary/aromatic N) is 1. The van der Waals surface area contributed by atoms with Crippen LogP contribution in [0.2, 0.25) is 0 Å². The Bertz CT molecular complexity index is 452. The Balaban J connectivity index is 1.84. The van der Waals surface area contributed by atoms with Gasteiger partial charge in [0.05, 0.1) is 6.54 Å². The fourth-order valence-electron chi connectivity index (χ4n) is 2.63. The van der Waals surface area contributed by atoms with Gasteiger partial charge >= 0.3 is 0 Å². The number of hydrogen-bond donors (Lipinski definition) is 1. The molecule has 1 aromatic rings. The van der Waals surface area contributed by atoms with Gasteiger partial charge in [-0.1, -0.05) is 29.3 Å². The first kappa shape index (κ1) is 16.8. The van der Waals surface area contributed by atoms with Crippen molar-refractivity contribution < 1.29 is 4.79 Å². The first-order valence-corrected chi connectivity index (χ1v) is 9.41. The predicted molar refractivity (Wildman–Crippen MR) is 95.0 cm³/mol. The second-order valence-corrected chi connectivity index (χ2v) is 7.86. The van der Waals surface area contributed by atoms with E-state index in [9.17, 15) is 4.79 Å². The second kappa shape index (κ2) is 8.81. The summed E-state index contributed by atoms with van der Waals surface area (Å²) >= 11 is 5.42. The van der Waals surface area contributed by atoms with Crippen LogP contribution in [0, 0.1) is 0 Å². The number of thioether (sulfide) groups is 1. The highest BCUT2D eigenvalue weighted by Crippen LogP contribution is 2.22. The lowest BCUT2D eigenvalue weighted by atomic mass is 10.2. The number of benzene rings is 1. The lowest BCUT2D eigenvalue weighted by Crippen LogP contribution is -2.36. The molecule has 1 unspecified atom stereocenters. The Hall–Kier alpha value is -0.520. The Morgan fingerprint density at radius 2 is 2.14 bits per heavy atom. The maximum atomic E-state index is 12.2. The molecule has 1 N–H and O–H groups in total. The predicted octanol–water partition coefficient (Wildman–Crippen LogP) is 4.00. The van der Waals surface area contributed by atoms with E-state index in [0.29, 0.717) is 11.8 Å². The van der Waals surface area contributed by atoms with Crippen LogP contribution in [0.4, 0.5) is 5.69 Å². The summed E-state index contributed by atoms with van der Waals surface area (Å²) in [4.78, 5) is 14.5. The molecule has 21 heavy (non-hydrogen) atoms. The van der Waals surface area contributed by atoms with E-state index < -0.39 is 0 Å². The minimum Gasteiger partial charge on any atom is -0.325 e. The molecule has 116 valence electrons. The van der Waals surface area contributed by atoms with Crippen LogP contribution in [-0.4, -0.2) is 41.4 Å². The Morgan fingerprint density at radius 1 is 1.38 bits per heavy atom. The second-order valence-electron chi connectivity index (χ2n) is 5.36. The fraction of sp³-hybridized carbons (Fsp3) is 0.562. The van der Waals surface area contributed by atoms with Gasteiger partial charge in [-0.15, -0.1) is 0 Å². The number of anilines is 1. The summed E-state index contributed by atoms with van der Waals surface area (Å²) in [5, 5.41) is 3.65. The standard InChI is InChI=1S/C16H23BrN2OS/c1-2-21-15-5-3-4-10-19(11-15)12-16(20)18-14-8-6-13(17)7-9-14/h6-9,15H,2-5,10-12H2,1H3,(H,18,20). The fourth-order valence-corrected chi connectivity index (χ4v) is 4.02. The van der Waals surface area contributed by atoms with Gasteiger partial charge in [-0.05, 0) is 49.4 Å². The van der Waals surface area contributed by atoms with E-state index in [2.05, 4.69) is 33.1 Å². The van der Waals surface area contributed by atoms with E-state index >= 15 is 0 Å². The van der Waals surface area contributed by atoms with Crippen LogP contribution >= 0.6 is 27.7 Å². The summed E-state index contributed by atoms with van der Waals surface area (Å²) in [6, 6.07) is 7.71. The SMILES string of the molecule is CCSC1CCCCN(CC(=O)Nc2ccc(Br)cc2)C1. The van der Waals surface area contributed by atoms with Crippen molar-refractivity contribution in [3.63, 3.8) is 0 Å². The Labute approximate surface area is 140 Å². The number of amides is 1. The Morgan fingerprint density at radius 3 is 2.86 bits per heavy atom. The molecular weight excluding hydrogens is 348 g/mol. The third-order valence-corrected chi connectivity index (χ3v) is 5.33. The van der Waals surface area contributed by atoms with Crippen molar-refractivity contribution in [3.8, 4) is 0 Å². The molecule has 1 heterocycles. The summed E-state index contributed by atoms with van der Waals surface area (Å²) in [6.07, 6.45) is 3.76. The zero-order valence-electron chi connectivity index (χ0n) is 12.5. The topological polar surface area (TPSA) is 32.3 Å². The molecule has 3 nitrogen and oxygen atoms in total. The molecule has 2 rings (SSSR count). The lowest BCUT2D eigenvalue weighted by molar-refractivity contribution is -0.117. The van der Waals surface area contributed by atoms with E-state index in [-0.39, 0.29) is 5.91 Å². The molecule has 0 aromatic heterocycles. The number of carbonyl (C=O) groups excluding carboxylic acids is 1. The molecule has 0 saturated carbocycles. The van der Waals surface area contributed by atoms with E-state index in [1.807, 2.05) is 36.0 Å². The van der Waals surface area contributed by atoms with Crippen molar-refractivity contribution in [2.24, 2.45) is 0 Å². The monoisotopic (exact) mass is 370 g/mol. The number of rotatable bonds is 5. The van der Waals surface area contributed by atoms with Crippen LogP contribution in [0.25, 0.3) is 0 Å². The van der Waals surface area contributed by atoms with Crippen molar-refractivity contribution in [1.82, 2.24) is 4.90 Å². The molecule has 1 aliphatic heterocycles. The molecular formula is C16H23BrN2OS. The highest BCUT2D eigenvalue weighted by Gasteiger charge is 2.19. The van der Waals surface area contributed by atoms with Crippen molar-refractivity contribution in [2.75, 3.05) is 30.7 Å². The third kappa shape index (κ3) is 6.01. The van der Waals surface area contributed by atoms with Crippen LogP contribution < -0.4 is 5.32 Å². The van der Waals surface area contributed by atoms with Gasteiger partial charge in [-0.25, -0.2) is 0 Å². The van der Waals surface area contributed by atoms with Gasteiger partial charge in [-0.2, -0.15) is 11.8 Å². The molecule has 0 radical (unpaired) electrons. The third-order valence-electron chi connectivity index (χ3n) is 3.61.